The van der Waals surface area contributed by atoms with Gasteiger partial charge in [0.25, 0.3) is 0 Å². The van der Waals surface area contributed by atoms with Crippen LogP contribution in [0.15, 0.2) is 30.5 Å². The quantitative estimate of drug-likeness (QED) is 0.0539. The molecule has 0 radical (unpaired) electrons. The predicted molar refractivity (Wildman–Crippen MR) is 230 cm³/mol. The lowest BCUT2D eigenvalue weighted by Gasteiger charge is -2.27. The van der Waals surface area contributed by atoms with Crippen LogP contribution in [-0.4, -0.2) is 106 Å². The molecule has 61 heavy (non-hydrogen) atoms. The summed E-state index contributed by atoms with van der Waals surface area (Å²) in [7, 11) is 0. The van der Waals surface area contributed by atoms with E-state index in [1.165, 1.54) is 6.92 Å². The van der Waals surface area contributed by atoms with Crippen LogP contribution in [0.1, 0.15) is 99.0 Å². The van der Waals surface area contributed by atoms with Crippen LogP contribution in [0.3, 0.4) is 0 Å². The molecule has 0 bridgehead atoms. The topological polar surface area (TPSA) is 323 Å². The molecule has 0 spiro atoms. The van der Waals surface area contributed by atoms with Crippen molar-refractivity contribution in [3.63, 3.8) is 0 Å². The van der Waals surface area contributed by atoms with E-state index in [0.29, 0.717) is 25.8 Å². The lowest BCUT2D eigenvalue weighted by Crippen LogP contribution is -2.60. The Kier molecular flexibility index (Phi) is 21.4. The summed E-state index contributed by atoms with van der Waals surface area (Å²) in [4.78, 5) is 108. The first-order chi connectivity index (χ1) is 28.6. The van der Waals surface area contributed by atoms with E-state index in [1.54, 1.807) is 6.20 Å². The second-order valence-electron chi connectivity index (χ2n) is 16.9. The van der Waals surface area contributed by atoms with Crippen molar-refractivity contribution in [3.8, 4) is 0 Å². The maximum Gasteiger partial charge on any atom is 0.326 e. The fourth-order valence-electron chi connectivity index (χ4n) is 6.65. The van der Waals surface area contributed by atoms with Gasteiger partial charge in [-0.2, -0.15) is 0 Å². The number of amides is 7. The summed E-state index contributed by atoms with van der Waals surface area (Å²) in [6.45, 7) is 12.6. The lowest BCUT2D eigenvalue weighted by atomic mass is 9.99. The molecule has 14 N–H and O–H groups in total. The number of aromatic nitrogens is 1. The summed E-state index contributed by atoms with van der Waals surface area (Å²) in [5.74, 6) is -7.01. The molecule has 19 heteroatoms. The molecule has 0 saturated carbocycles. The Hall–Kier alpha value is -5.56. The minimum atomic E-state index is -1.58. The van der Waals surface area contributed by atoms with Crippen molar-refractivity contribution in [3.05, 3.63) is 36.0 Å². The molecule has 1 aromatic heterocycles. The minimum absolute atomic E-state index is 0.0392. The summed E-state index contributed by atoms with van der Waals surface area (Å²) >= 11 is 0. The highest BCUT2D eigenvalue weighted by atomic mass is 16.4. The predicted octanol–water partition coefficient (Wildman–Crippen LogP) is 0.194. The van der Waals surface area contributed by atoms with E-state index >= 15 is 0 Å². The van der Waals surface area contributed by atoms with Crippen molar-refractivity contribution in [2.24, 2.45) is 35.0 Å². The number of carbonyl (C=O) groups is 8. The molecule has 0 aliphatic heterocycles. The van der Waals surface area contributed by atoms with Crippen molar-refractivity contribution < 1.29 is 43.5 Å². The average molecular weight is 857 g/mol. The fraction of sp³-hybridized carbons (Fsp3) is 0.619. The number of carbonyl (C=O) groups excluding carboxylic acids is 7. The van der Waals surface area contributed by atoms with Crippen LogP contribution in [0, 0.1) is 17.8 Å². The zero-order valence-corrected chi connectivity index (χ0v) is 36.5. The van der Waals surface area contributed by atoms with Gasteiger partial charge in [-0.25, -0.2) is 4.79 Å². The van der Waals surface area contributed by atoms with E-state index in [4.69, 9.17) is 17.2 Å². The van der Waals surface area contributed by atoms with E-state index in [9.17, 15) is 43.5 Å². The molecule has 0 saturated heterocycles. The molecule has 1 heterocycles. The monoisotopic (exact) mass is 857 g/mol. The summed E-state index contributed by atoms with van der Waals surface area (Å²) in [6, 6.07) is -1.13. The van der Waals surface area contributed by atoms with Gasteiger partial charge in [-0.3, -0.25) is 33.6 Å². The van der Waals surface area contributed by atoms with Crippen LogP contribution >= 0.6 is 0 Å². The molecule has 2 rings (SSSR count). The molecule has 7 atom stereocenters. The van der Waals surface area contributed by atoms with Gasteiger partial charge in [0.1, 0.15) is 36.3 Å². The Morgan fingerprint density at radius 2 is 1.10 bits per heavy atom. The lowest BCUT2D eigenvalue weighted by molar-refractivity contribution is -0.143. The molecule has 7 amide bonds. The molecule has 1 aromatic carbocycles. The molecule has 340 valence electrons. The van der Waals surface area contributed by atoms with Gasteiger partial charge in [-0.1, -0.05) is 66.2 Å². The van der Waals surface area contributed by atoms with E-state index in [1.807, 2.05) is 65.8 Å². The Morgan fingerprint density at radius 1 is 0.623 bits per heavy atom. The number of hydrogen-bond donors (Lipinski definition) is 11. The maximum atomic E-state index is 14.1. The highest BCUT2D eigenvalue weighted by Gasteiger charge is 2.34. The van der Waals surface area contributed by atoms with Crippen LogP contribution in [-0.2, 0) is 44.8 Å². The molecule has 0 fully saturated rings. The van der Waals surface area contributed by atoms with Gasteiger partial charge in [0.15, 0.2) is 0 Å². The Bertz CT molecular complexity index is 1810. The van der Waals surface area contributed by atoms with E-state index in [-0.39, 0.29) is 43.4 Å². The molecule has 19 nitrogen and oxygen atoms in total. The second-order valence-corrected chi connectivity index (χ2v) is 16.9. The van der Waals surface area contributed by atoms with Crippen LogP contribution < -0.4 is 49.1 Å². The highest BCUT2D eigenvalue weighted by molar-refractivity contribution is 5.98. The van der Waals surface area contributed by atoms with E-state index < -0.39 is 96.0 Å². The van der Waals surface area contributed by atoms with Crippen LogP contribution in [0.25, 0.3) is 10.9 Å². The van der Waals surface area contributed by atoms with Gasteiger partial charge >= 0.3 is 5.97 Å². The zero-order chi connectivity index (χ0) is 46.0. The third-order valence-corrected chi connectivity index (χ3v) is 9.83. The molecular formula is C42H68N10O9. The van der Waals surface area contributed by atoms with Gasteiger partial charge in [-0.05, 0) is 75.0 Å². The minimum Gasteiger partial charge on any atom is -0.480 e. The van der Waals surface area contributed by atoms with Crippen molar-refractivity contribution >= 4 is 58.2 Å². The number of H-pyrrole nitrogens is 1. The summed E-state index contributed by atoms with van der Waals surface area (Å²) < 4.78 is 0. The maximum absolute atomic E-state index is 14.1. The smallest absolute Gasteiger partial charge is 0.326 e. The second kappa shape index (κ2) is 25.3. The first-order valence-electron chi connectivity index (χ1n) is 21.0. The van der Waals surface area contributed by atoms with Crippen molar-refractivity contribution in [2.45, 2.75) is 142 Å². The third-order valence-electron chi connectivity index (χ3n) is 9.83. The summed E-state index contributed by atoms with van der Waals surface area (Å²) in [5.41, 5.74) is 18.8. The third kappa shape index (κ3) is 17.9. The van der Waals surface area contributed by atoms with E-state index in [2.05, 4.69) is 36.9 Å². The summed E-state index contributed by atoms with van der Waals surface area (Å²) in [5, 5.41) is 25.9. The first-order valence-corrected chi connectivity index (χ1v) is 21.0. The van der Waals surface area contributed by atoms with Crippen molar-refractivity contribution in [1.82, 2.24) is 36.9 Å². The average Bonchev–Trinajstić information content (AvgIpc) is 3.58. The van der Waals surface area contributed by atoms with Gasteiger partial charge in [0.05, 0.1) is 12.5 Å². The largest absolute Gasteiger partial charge is 0.480 e. The molecule has 0 aliphatic rings. The molecule has 0 unspecified atom stereocenters. The zero-order valence-electron chi connectivity index (χ0n) is 36.5. The normalized spacial score (nSPS) is 14.9. The van der Waals surface area contributed by atoms with Gasteiger partial charge < -0.3 is 59.2 Å². The van der Waals surface area contributed by atoms with Gasteiger partial charge in [0, 0.05) is 23.5 Å². The number of rotatable bonds is 27. The number of primary amides is 1. The highest BCUT2D eigenvalue weighted by Crippen LogP contribution is 2.20. The Morgan fingerprint density at radius 3 is 1.64 bits per heavy atom. The Labute approximate surface area is 357 Å². The number of benzene rings is 1. The number of unbranched alkanes of at least 4 members (excludes halogenated alkanes) is 1. The number of fused-ring (bicyclic) bond motifs is 1. The number of aromatic amines is 1. The Balaban J connectivity index is 2.29. The number of carboxylic acids is 1. The van der Waals surface area contributed by atoms with Crippen molar-refractivity contribution in [1.29, 1.82) is 0 Å². The standard InChI is InChI=1S/C42H68N10O9/c1-22(2)16-30(40(58)52-34(42(60)61)18-24(5)6)48-36(54)25(7)47-38(56)33(20-35(45)53)51-39(57)31(17-23(3)4)50-41(59)32(49-37(55)28(44)13-10-11-15-43)19-26-21-46-29-14-9-8-12-27(26)29/h8-9,12,14,21-25,28,30-34,46H,10-11,13,15-20,43-44H2,1-7H3,(H2,45,53)(H,47,56)(H,48,54)(H,49,55)(H,50,59)(H,51,57)(H,52,58)(H,60,61)/t25-,28-,30-,31-,32-,33-,34-/m0/s1. The number of aliphatic carboxylic acids is 1. The molecular weight excluding hydrogens is 789 g/mol. The fourth-order valence-corrected chi connectivity index (χ4v) is 6.65. The van der Waals surface area contributed by atoms with Crippen molar-refractivity contribution in [2.75, 3.05) is 6.54 Å². The van der Waals surface area contributed by atoms with Crippen LogP contribution in [0.2, 0.25) is 0 Å². The number of nitrogens with one attached hydrogen (secondary N) is 7. The summed E-state index contributed by atoms with van der Waals surface area (Å²) in [6.07, 6.45) is 3.12. The van der Waals surface area contributed by atoms with Crippen LogP contribution in [0.5, 0.6) is 0 Å². The first kappa shape index (κ1) is 51.6. The van der Waals surface area contributed by atoms with Gasteiger partial charge in [-0.15, -0.1) is 0 Å². The molecule has 2 aromatic rings. The number of para-hydroxylation sites is 1. The number of carboxylic acid groups (broad SMARTS) is 1. The van der Waals surface area contributed by atoms with Crippen LogP contribution in [0.4, 0.5) is 0 Å². The number of nitrogens with two attached hydrogens (primary N) is 3. The van der Waals surface area contributed by atoms with Gasteiger partial charge in [0.2, 0.25) is 41.4 Å². The number of hydrogen-bond acceptors (Lipinski definition) is 10. The van der Waals surface area contributed by atoms with E-state index in [0.717, 1.165) is 16.5 Å². The SMILES string of the molecule is CC(C)C[C@H](NC(=O)[C@H](CC(C)C)NC(=O)[C@H](C)NC(=O)[C@H](CC(N)=O)NC(=O)[C@H](CC(C)C)NC(=O)[C@H](Cc1c[nH]c2ccccc12)NC(=O)[C@@H](N)CCCCN)C(=O)O. The molecule has 0 aliphatic carbocycles.